The van der Waals surface area contributed by atoms with Gasteiger partial charge in [0.15, 0.2) is 0 Å². The molecule has 0 heterocycles. The molecule has 0 radical (unpaired) electrons. The van der Waals surface area contributed by atoms with Crippen LogP contribution in [0.2, 0.25) is 0 Å². The molecular weight excluding hydrogens is 328 g/mol. The van der Waals surface area contributed by atoms with Gasteiger partial charge in [-0.1, -0.05) is 51.9 Å². The standard InChI is InChI=1S/C22H38O4/c1-4-7-9-11-18(21(24)25)20-17(12-13-19(20)23)14-16-22(26,6-3)15-10-8-5-2/h3,17-20,23,26H,4-5,7-16H2,1-2H3,(H,24,25)/t17-,18-,19-,20+,22-/m1/s1. The molecule has 1 saturated carbocycles. The van der Waals surface area contributed by atoms with Crippen molar-refractivity contribution >= 4 is 5.97 Å². The number of rotatable bonds is 13. The fourth-order valence-corrected chi connectivity index (χ4v) is 4.47. The number of carboxylic acid groups (broad SMARTS) is 1. The Morgan fingerprint density at radius 1 is 1.15 bits per heavy atom. The van der Waals surface area contributed by atoms with Crippen molar-refractivity contribution in [3.8, 4) is 12.3 Å². The van der Waals surface area contributed by atoms with Crippen LogP contribution in [-0.2, 0) is 4.79 Å². The molecule has 0 aromatic heterocycles. The van der Waals surface area contributed by atoms with Crippen LogP contribution in [0.1, 0.15) is 90.9 Å². The number of aliphatic hydroxyl groups is 2. The van der Waals surface area contributed by atoms with Crippen molar-refractivity contribution in [1.82, 2.24) is 0 Å². The van der Waals surface area contributed by atoms with E-state index in [-0.39, 0.29) is 11.8 Å². The summed E-state index contributed by atoms with van der Waals surface area (Å²) in [6.45, 7) is 4.21. The molecule has 0 unspecified atom stereocenters. The lowest BCUT2D eigenvalue weighted by Crippen LogP contribution is -2.34. The van der Waals surface area contributed by atoms with Crippen LogP contribution in [-0.4, -0.2) is 33.0 Å². The van der Waals surface area contributed by atoms with Gasteiger partial charge in [0.05, 0.1) is 12.0 Å². The van der Waals surface area contributed by atoms with Gasteiger partial charge in [-0.25, -0.2) is 0 Å². The second-order valence-corrected chi connectivity index (χ2v) is 8.09. The number of hydrogen-bond acceptors (Lipinski definition) is 3. The van der Waals surface area contributed by atoms with Crippen LogP contribution in [0.5, 0.6) is 0 Å². The topological polar surface area (TPSA) is 77.8 Å². The molecule has 1 aliphatic carbocycles. The van der Waals surface area contributed by atoms with E-state index in [1.165, 1.54) is 0 Å². The number of aliphatic hydroxyl groups excluding tert-OH is 1. The molecule has 4 heteroatoms. The molecule has 1 aliphatic rings. The molecule has 4 nitrogen and oxygen atoms in total. The first kappa shape index (κ1) is 23.0. The number of aliphatic carboxylic acids is 1. The highest BCUT2D eigenvalue weighted by molar-refractivity contribution is 5.70. The molecule has 0 spiro atoms. The Bertz CT molecular complexity index is 456. The molecule has 0 amide bonds. The summed E-state index contributed by atoms with van der Waals surface area (Å²) in [4.78, 5) is 11.8. The number of unbranched alkanes of at least 4 members (excludes halogenated alkanes) is 4. The quantitative estimate of drug-likeness (QED) is 0.334. The minimum absolute atomic E-state index is 0.124. The highest BCUT2D eigenvalue weighted by atomic mass is 16.4. The number of hydrogen-bond donors (Lipinski definition) is 3. The summed E-state index contributed by atoms with van der Waals surface area (Å²) >= 11 is 0. The van der Waals surface area contributed by atoms with Gasteiger partial charge in [0.25, 0.3) is 0 Å². The SMILES string of the molecule is C#C[C@@](O)(CCCCC)CC[C@H]1CC[C@@H](O)[C@@H]1[C@@H](CCCCC)C(=O)O. The lowest BCUT2D eigenvalue weighted by atomic mass is 9.76. The summed E-state index contributed by atoms with van der Waals surface area (Å²) in [7, 11) is 0. The zero-order chi connectivity index (χ0) is 19.6. The fourth-order valence-electron chi connectivity index (χ4n) is 4.47. The Hall–Kier alpha value is -1.05. The minimum atomic E-state index is -1.10. The first-order valence-electron chi connectivity index (χ1n) is 10.5. The van der Waals surface area contributed by atoms with Crippen molar-refractivity contribution in [3.05, 3.63) is 0 Å². The molecule has 26 heavy (non-hydrogen) atoms. The van der Waals surface area contributed by atoms with Gasteiger partial charge < -0.3 is 15.3 Å². The van der Waals surface area contributed by atoms with Crippen LogP contribution in [0.3, 0.4) is 0 Å². The van der Waals surface area contributed by atoms with Gasteiger partial charge in [-0.15, -0.1) is 6.42 Å². The van der Waals surface area contributed by atoms with E-state index < -0.39 is 23.6 Å². The second kappa shape index (κ2) is 11.6. The van der Waals surface area contributed by atoms with Gasteiger partial charge in [-0.2, -0.15) is 0 Å². The third kappa shape index (κ3) is 6.93. The maximum Gasteiger partial charge on any atom is 0.306 e. The van der Waals surface area contributed by atoms with E-state index in [1.54, 1.807) is 0 Å². The van der Waals surface area contributed by atoms with Crippen LogP contribution >= 0.6 is 0 Å². The predicted octanol–water partition coefficient (Wildman–Crippen LogP) is 4.38. The summed E-state index contributed by atoms with van der Waals surface area (Å²) in [5.41, 5.74) is -1.10. The van der Waals surface area contributed by atoms with Gasteiger partial charge in [-0.3, -0.25) is 4.79 Å². The first-order chi connectivity index (χ1) is 12.4. The summed E-state index contributed by atoms with van der Waals surface area (Å²) < 4.78 is 0. The third-order valence-corrected chi connectivity index (χ3v) is 6.11. The van der Waals surface area contributed by atoms with Crippen LogP contribution in [0.25, 0.3) is 0 Å². The summed E-state index contributed by atoms with van der Waals surface area (Å²) in [6.07, 6.45) is 14.9. The molecule has 0 aliphatic heterocycles. The largest absolute Gasteiger partial charge is 0.481 e. The Labute approximate surface area is 159 Å². The van der Waals surface area contributed by atoms with Gasteiger partial charge in [-0.05, 0) is 50.9 Å². The van der Waals surface area contributed by atoms with Crippen LogP contribution in [0, 0.1) is 30.1 Å². The van der Waals surface area contributed by atoms with E-state index in [0.29, 0.717) is 32.1 Å². The molecule has 0 aromatic rings. The van der Waals surface area contributed by atoms with Crippen molar-refractivity contribution in [3.63, 3.8) is 0 Å². The average molecular weight is 367 g/mol. The molecule has 5 atom stereocenters. The van der Waals surface area contributed by atoms with Gasteiger partial charge in [0.2, 0.25) is 0 Å². The smallest absolute Gasteiger partial charge is 0.306 e. The number of terminal acetylenes is 1. The van der Waals surface area contributed by atoms with E-state index in [4.69, 9.17) is 6.42 Å². The Kier molecular flexibility index (Phi) is 10.3. The van der Waals surface area contributed by atoms with Gasteiger partial charge in [0.1, 0.15) is 5.60 Å². The first-order valence-corrected chi connectivity index (χ1v) is 10.5. The lowest BCUT2D eigenvalue weighted by Gasteiger charge is -2.30. The molecule has 0 saturated heterocycles. The van der Waals surface area contributed by atoms with Crippen LogP contribution in [0.15, 0.2) is 0 Å². The van der Waals surface area contributed by atoms with Crippen molar-refractivity contribution in [2.75, 3.05) is 0 Å². The third-order valence-electron chi connectivity index (χ3n) is 6.11. The summed E-state index contributed by atoms with van der Waals surface area (Å²) in [5.74, 6) is 1.17. The summed E-state index contributed by atoms with van der Waals surface area (Å²) in [6, 6.07) is 0. The van der Waals surface area contributed by atoms with Crippen LogP contribution in [0.4, 0.5) is 0 Å². The van der Waals surface area contributed by atoms with E-state index in [2.05, 4.69) is 19.8 Å². The number of carbonyl (C=O) groups is 1. The molecule has 1 rings (SSSR count). The molecule has 0 bridgehead atoms. The van der Waals surface area contributed by atoms with Crippen molar-refractivity contribution in [2.24, 2.45) is 17.8 Å². The lowest BCUT2D eigenvalue weighted by molar-refractivity contribution is -0.146. The second-order valence-electron chi connectivity index (χ2n) is 8.09. The number of carboxylic acids is 1. The van der Waals surface area contributed by atoms with Crippen molar-refractivity contribution in [1.29, 1.82) is 0 Å². The molecule has 3 N–H and O–H groups in total. The Morgan fingerprint density at radius 3 is 2.38 bits per heavy atom. The molecule has 150 valence electrons. The summed E-state index contributed by atoms with van der Waals surface area (Å²) in [5, 5.41) is 30.8. The molecule has 0 aromatic carbocycles. The highest BCUT2D eigenvalue weighted by Crippen LogP contribution is 2.43. The van der Waals surface area contributed by atoms with Crippen molar-refractivity contribution < 1.29 is 20.1 Å². The predicted molar refractivity (Wildman–Crippen MR) is 105 cm³/mol. The maximum atomic E-state index is 11.8. The van der Waals surface area contributed by atoms with Gasteiger partial charge >= 0.3 is 5.97 Å². The Morgan fingerprint density at radius 2 is 1.81 bits per heavy atom. The fraction of sp³-hybridized carbons (Fsp3) is 0.864. The zero-order valence-electron chi connectivity index (χ0n) is 16.6. The maximum absolute atomic E-state index is 11.8. The van der Waals surface area contributed by atoms with E-state index in [1.807, 2.05) is 0 Å². The van der Waals surface area contributed by atoms with Gasteiger partial charge in [0, 0.05) is 5.92 Å². The average Bonchev–Trinajstić information content (AvgIpc) is 2.97. The van der Waals surface area contributed by atoms with E-state index in [0.717, 1.165) is 44.9 Å². The Balaban J connectivity index is 2.71. The van der Waals surface area contributed by atoms with Crippen molar-refractivity contribution in [2.45, 2.75) is 103 Å². The molecule has 1 fully saturated rings. The molecular formula is C22H38O4. The van der Waals surface area contributed by atoms with E-state index >= 15 is 0 Å². The normalized spacial score (nSPS) is 26.2. The van der Waals surface area contributed by atoms with E-state index in [9.17, 15) is 20.1 Å². The highest BCUT2D eigenvalue weighted by Gasteiger charge is 2.43. The monoisotopic (exact) mass is 366 g/mol. The van der Waals surface area contributed by atoms with Crippen LogP contribution < -0.4 is 0 Å². The zero-order valence-corrected chi connectivity index (χ0v) is 16.6. The minimum Gasteiger partial charge on any atom is -0.481 e.